The highest BCUT2D eigenvalue weighted by Crippen LogP contribution is 2.11. The van der Waals surface area contributed by atoms with Gasteiger partial charge in [0.1, 0.15) is 21.7 Å². The van der Waals surface area contributed by atoms with Gasteiger partial charge in [0.05, 0.1) is 5.75 Å². The second-order valence-electron chi connectivity index (χ2n) is 3.28. The van der Waals surface area contributed by atoms with Gasteiger partial charge >= 0.3 is 0 Å². The monoisotopic (exact) mass is 255 g/mol. The molecule has 0 saturated carbocycles. The van der Waals surface area contributed by atoms with Crippen LogP contribution in [0.1, 0.15) is 10.4 Å². The Bertz CT molecular complexity index is 611. The lowest BCUT2D eigenvalue weighted by molar-refractivity contribution is 0.0956. The molecule has 0 aliphatic heterocycles. The van der Waals surface area contributed by atoms with Gasteiger partial charge in [-0.3, -0.25) is 4.79 Å². The molecule has 1 amide bonds. The van der Waals surface area contributed by atoms with E-state index < -0.39 is 10.7 Å². The molecule has 17 heavy (non-hydrogen) atoms. The van der Waals surface area contributed by atoms with E-state index in [1.165, 1.54) is 6.07 Å². The van der Waals surface area contributed by atoms with Crippen LogP contribution in [0.4, 0.5) is 0 Å². The number of nitrogens with one attached hydrogen (secondary N) is 1. The van der Waals surface area contributed by atoms with Crippen LogP contribution in [0.5, 0.6) is 0 Å². The van der Waals surface area contributed by atoms with Crippen molar-refractivity contribution in [1.29, 1.82) is 0 Å². The highest BCUT2D eigenvalue weighted by molar-refractivity contribution is 7.72. The molecule has 0 radical (unpaired) electrons. The van der Waals surface area contributed by atoms with E-state index in [9.17, 15) is 13.2 Å². The molecule has 1 aromatic heterocycles. The lowest BCUT2D eigenvalue weighted by atomic mass is 10.2. The minimum Gasteiger partial charge on any atom is -0.351 e. The van der Waals surface area contributed by atoms with Crippen molar-refractivity contribution in [3.8, 4) is 0 Å². The molecule has 8 heteroatoms. The molecule has 0 atom stereocenters. The second kappa shape index (κ2) is 4.91. The maximum atomic E-state index is 11.6. The second-order valence-corrected chi connectivity index (χ2v) is 4.39. The number of carbonyl (C=O) groups excluding carboxylic acids is 1. The fourth-order valence-electron chi connectivity index (χ4n) is 1.29. The number of hydrogen-bond acceptors (Lipinski definition) is 6. The van der Waals surface area contributed by atoms with Crippen molar-refractivity contribution in [3.05, 3.63) is 23.8 Å². The Labute approximate surface area is 97.7 Å². The summed E-state index contributed by atoms with van der Waals surface area (Å²) in [5.41, 5.74) is 1.42. The lowest BCUT2D eigenvalue weighted by Crippen LogP contribution is -2.26. The molecule has 0 bridgehead atoms. The van der Waals surface area contributed by atoms with Crippen LogP contribution >= 0.6 is 0 Å². The van der Waals surface area contributed by atoms with E-state index in [1.54, 1.807) is 12.1 Å². The minimum absolute atomic E-state index is 0.0746. The third-order valence-electron chi connectivity index (χ3n) is 2.10. The summed E-state index contributed by atoms with van der Waals surface area (Å²) in [6, 6.07) is 4.70. The van der Waals surface area contributed by atoms with Crippen molar-refractivity contribution < 1.29 is 17.8 Å². The molecule has 0 spiro atoms. The Morgan fingerprint density at radius 2 is 2.06 bits per heavy atom. The zero-order chi connectivity index (χ0) is 12.3. The standard InChI is InChI=1S/C9H9N3O4S/c13-9(10-3-4-17(14)15)6-1-2-7-8(5-6)12-16-11-7/h1-2,5,17H,3-4H2,(H,10,13). The predicted octanol–water partition coefficient (Wildman–Crippen LogP) is -0.436. The molecule has 2 aromatic rings. The summed E-state index contributed by atoms with van der Waals surface area (Å²) in [5, 5.41) is 9.70. The molecule has 1 aromatic carbocycles. The Balaban J connectivity index is 2.07. The highest BCUT2D eigenvalue weighted by Gasteiger charge is 2.08. The van der Waals surface area contributed by atoms with Crippen molar-refractivity contribution in [3.63, 3.8) is 0 Å². The number of hydrogen-bond donors (Lipinski definition) is 2. The normalized spacial score (nSPS) is 10.9. The average Bonchev–Trinajstić information content (AvgIpc) is 2.75. The van der Waals surface area contributed by atoms with Crippen molar-refractivity contribution in [2.75, 3.05) is 12.3 Å². The fourth-order valence-corrected chi connectivity index (χ4v) is 1.58. The maximum absolute atomic E-state index is 11.6. The summed E-state index contributed by atoms with van der Waals surface area (Å²) in [6.45, 7) is 0.0899. The van der Waals surface area contributed by atoms with E-state index in [0.717, 1.165) is 0 Å². The number of rotatable bonds is 4. The first-order chi connectivity index (χ1) is 8.16. The van der Waals surface area contributed by atoms with Gasteiger partial charge in [0, 0.05) is 12.1 Å². The summed E-state index contributed by atoms with van der Waals surface area (Å²) in [4.78, 5) is 11.6. The van der Waals surface area contributed by atoms with Crippen LogP contribution < -0.4 is 5.32 Å². The van der Waals surface area contributed by atoms with Gasteiger partial charge in [-0.25, -0.2) is 13.0 Å². The molecule has 0 fully saturated rings. The van der Waals surface area contributed by atoms with Crippen LogP contribution in [0, 0.1) is 0 Å². The number of nitrogens with zero attached hydrogens (tertiary/aromatic N) is 2. The third-order valence-corrected chi connectivity index (χ3v) is 2.68. The predicted molar refractivity (Wildman–Crippen MR) is 59.3 cm³/mol. The number of fused-ring (bicyclic) bond motifs is 1. The van der Waals surface area contributed by atoms with E-state index in [2.05, 4.69) is 20.3 Å². The van der Waals surface area contributed by atoms with Crippen LogP contribution in [0.15, 0.2) is 22.8 Å². The summed E-state index contributed by atoms with van der Waals surface area (Å²) < 4.78 is 25.1. The summed E-state index contributed by atoms with van der Waals surface area (Å²) >= 11 is 0. The fraction of sp³-hybridized carbons (Fsp3) is 0.222. The molecule has 1 N–H and O–H groups in total. The van der Waals surface area contributed by atoms with E-state index in [4.69, 9.17) is 0 Å². The number of amides is 1. The SMILES string of the molecule is O=C(NCC[SH](=O)=O)c1ccc2nonc2c1. The van der Waals surface area contributed by atoms with E-state index in [-0.39, 0.29) is 18.2 Å². The van der Waals surface area contributed by atoms with Crippen LogP contribution in [0.3, 0.4) is 0 Å². The summed E-state index contributed by atoms with van der Waals surface area (Å²) in [5.74, 6) is -0.429. The third kappa shape index (κ3) is 2.78. The molecule has 2 rings (SSSR count). The molecule has 1 heterocycles. The van der Waals surface area contributed by atoms with Crippen molar-refractivity contribution in [1.82, 2.24) is 15.6 Å². The van der Waals surface area contributed by atoms with Crippen LogP contribution in [0.25, 0.3) is 11.0 Å². The minimum atomic E-state index is -2.47. The van der Waals surface area contributed by atoms with Gasteiger partial charge in [0.2, 0.25) is 0 Å². The number of carbonyl (C=O) groups is 1. The Morgan fingerprint density at radius 1 is 1.29 bits per heavy atom. The number of thiol groups is 1. The first-order valence-corrected chi connectivity index (χ1v) is 6.15. The van der Waals surface area contributed by atoms with Crippen molar-refractivity contribution in [2.45, 2.75) is 0 Å². The van der Waals surface area contributed by atoms with Gasteiger partial charge in [-0.1, -0.05) is 0 Å². The Morgan fingerprint density at radius 3 is 2.82 bits per heavy atom. The van der Waals surface area contributed by atoms with Gasteiger partial charge in [0.25, 0.3) is 5.91 Å². The van der Waals surface area contributed by atoms with Crippen LogP contribution in [-0.2, 0) is 10.7 Å². The molecule has 0 aliphatic rings. The lowest BCUT2D eigenvalue weighted by Gasteiger charge is -2.01. The Kier molecular flexibility index (Phi) is 3.33. The number of benzene rings is 1. The average molecular weight is 255 g/mol. The molecule has 7 nitrogen and oxygen atoms in total. The molecule has 0 aliphatic carbocycles. The highest BCUT2D eigenvalue weighted by atomic mass is 32.2. The first-order valence-electron chi connectivity index (χ1n) is 4.79. The zero-order valence-electron chi connectivity index (χ0n) is 8.62. The topological polar surface area (TPSA) is 102 Å². The largest absolute Gasteiger partial charge is 0.351 e. The van der Waals surface area contributed by atoms with Gasteiger partial charge in [-0.05, 0) is 28.5 Å². The first kappa shape index (κ1) is 11.5. The summed E-state index contributed by atoms with van der Waals surface area (Å²) in [6.07, 6.45) is 0. The van der Waals surface area contributed by atoms with Gasteiger partial charge in [-0.2, -0.15) is 0 Å². The van der Waals surface area contributed by atoms with Gasteiger partial charge < -0.3 is 5.32 Å². The van der Waals surface area contributed by atoms with Crippen LogP contribution in [0.2, 0.25) is 0 Å². The van der Waals surface area contributed by atoms with Crippen molar-refractivity contribution in [2.24, 2.45) is 0 Å². The maximum Gasteiger partial charge on any atom is 0.251 e. The number of aromatic nitrogens is 2. The molecular formula is C9H9N3O4S. The Hall–Kier alpha value is -1.96. The molecule has 90 valence electrons. The van der Waals surface area contributed by atoms with E-state index in [1.807, 2.05) is 0 Å². The van der Waals surface area contributed by atoms with Crippen LogP contribution in [-0.4, -0.2) is 36.9 Å². The van der Waals surface area contributed by atoms with Crippen molar-refractivity contribution >= 4 is 27.6 Å². The van der Waals surface area contributed by atoms with Gasteiger partial charge in [-0.15, -0.1) is 0 Å². The zero-order valence-corrected chi connectivity index (χ0v) is 9.52. The van der Waals surface area contributed by atoms with E-state index in [0.29, 0.717) is 16.6 Å². The quantitative estimate of drug-likeness (QED) is 0.718. The smallest absolute Gasteiger partial charge is 0.251 e. The molecular weight excluding hydrogens is 246 g/mol. The molecule has 0 unspecified atom stereocenters. The van der Waals surface area contributed by atoms with Gasteiger partial charge in [0.15, 0.2) is 0 Å². The summed E-state index contributed by atoms with van der Waals surface area (Å²) in [7, 11) is -2.47. The van der Waals surface area contributed by atoms with E-state index >= 15 is 0 Å². The molecule has 0 saturated heterocycles.